The molecule has 2 heterocycles. The van der Waals surface area contributed by atoms with Crippen LogP contribution in [0.3, 0.4) is 0 Å². The van der Waals surface area contributed by atoms with Crippen LogP contribution in [-0.4, -0.2) is 15.8 Å². The molecule has 0 radical (unpaired) electrons. The first kappa shape index (κ1) is 17.2. The summed E-state index contributed by atoms with van der Waals surface area (Å²) in [6, 6.07) is 11.0. The molecule has 0 aliphatic rings. The number of hydrogen-bond donors (Lipinski definition) is 1. The highest BCUT2D eigenvalue weighted by molar-refractivity contribution is 6.02. The predicted octanol–water partition coefficient (Wildman–Crippen LogP) is 3.72. The molecule has 26 heavy (non-hydrogen) atoms. The van der Waals surface area contributed by atoms with E-state index in [2.05, 4.69) is 10.3 Å². The Morgan fingerprint density at radius 1 is 1.23 bits per heavy atom. The molecule has 0 aliphatic heterocycles. The number of carbonyl (C=O) groups excluding carboxylic acids is 1. The summed E-state index contributed by atoms with van der Waals surface area (Å²) >= 11 is 0. The second-order valence-electron chi connectivity index (χ2n) is 5.45. The van der Waals surface area contributed by atoms with E-state index in [9.17, 15) is 14.9 Å². The third-order valence-corrected chi connectivity index (χ3v) is 3.57. The molecule has 1 amide bonds. The molecule has 8 heteroatoms. The minimum Gasteiger partial charge on any atom is -0.486 e. The van der Waals surface area contributed by atoms with Crippen molar-refractivity contribution < 1.29 is 18.9 Å². The van der Waals surface area contributed by atoms with Crippen molar-refractivity contribution >= 4 is 17.3 Å². The van der Waals surface area contributed by atoms with E-state index in [0.717, 1.165) is 0 Å². The minimum absolute atomic E-state index is 0.0328. The molecule has 8 nitrogen and oxygen atoms in total. The molecule has 132 valence electrons. The van der Waals surface area contributed by atoms with Gasteiger partial charge in [-0.25, -0.2) is 0 Å². The SMILES string of the molecule is Cc1cc(OCc2ccc(C(=O)Nc3ccncc3)o2)ccc1[N+](=O)[O-]. The normalized spacial score (nSPS) is 10.3. The quantitative estimate of drug-likeness (QED) is 0.534. The fourth-order valence-electron chi connectivity index (χ4n) is 2.28. The lowest BCUT2D eigenvalue weighted by molar-refractivity contribution is -0.385. The minimum atomic E-state index is -0.445. The molecule has 0 atom stereocenters. The van der Waals surface area contributed by atoms with E-state index in [0.29, 0.717) is 22.8 Å². The summed E-state index contributed by atoms with van der Waals surface area (Å²) in [5, 5.41) is 13.5. The summed E-state index contributed by atoms with van der Waals surface area (Å²) in [5.41, 5.74) is 1.15. The van der Waals surface area contributed by atoms with Crippen molar-refractivity contribution in [1.82, 2.24) is 4.98 Å². The lowest BCUT2D eigenvalue weighted by atomic mass is 10.2. The largest absolute Gasteiger partial charge is 0.486 e. The maximum Gasteiger partial charge on any atom is 0.291 e. The van der Waals surface area contributed by atoms with Crippen molar-refractivity contribution in [2.75, 3.05) is 5.32 Å². The summed E-state index contributed by atoms with van der Waals surface area (Å²) in [7, 11) is 0. The van der Waals surface area contributed by atoms with Gasteiger partial charge in [0.25, 0.3) is 11.6 Å². The average Bonchev–Trinajstić information content (AvgIpc) is 3.10. The first-order valence-corrected chi connectivity index (χ1v) is 7.71. The summed E-state index contributed by atoms with van der Waals surface area (Å²) in [4.78, 5) is 26.4. The predicted molar refractivity (Wildman–Crippen MR) is 93.1 cm³/mol. The molecule has 0 aliphatic carbocycles. The van der Waals surface area contributed by atoms with Gasteiger partial charge in [-0.2, -0.15) is 0 Å². The van der Waals surface area contributed by atoms with E-state index >= 15 is 0 Å². The second-order valence-corrected chi connectivity index (χ2v) is 5.45. The van der Waals surface area contributed by atoms with Crippen molar-refractivity contribution in [2.24, 2.45) is 0 Å². The van der Waals surface area contributed by atoms with Gasteiger partial charge in [0.15, 0.2) is 5.76 Å². The van der Waals surface area contributed by atoms with Gasteiger partial charge in [0.05, 0.1) is 4.92 Å². The summed E-state index contributed by atoms with van der Waals surface area (Å²) < 4.78 is 11.0. The molecule has 2 aromatic heterocycles. The van der Waals surface area contributed by atoms with Gasteiger partial charge in [0.1, 0.15) is 18.1 Å². The second kappa shape index (κ2) is 7.47. The molecule has 0 saturated heterocycles. The number of nitrogens with zero attached hydrogens (tertiary/aromatic N) is 2. The van der Waals surface area contributed by atoms with Crippen LogP contribution in [0, 0.1) is 17.0 Å². The zero-order chi connectivity index (χ0) is 18.5. The van der Waals surface area contributed by atoms with Gasteiger partial charge in [-0.15, -0.1) is 0 Å². The van der Waals surface area contributed by atoms with Crippen molar-refractivity contribution in [3.05, 3.63) is 82.1 Å². The number of hydrogen-bond acceptors (Lipinski definition) is 6. The number of benzene rings is 1. The molecule has 0 bridgehead atoms. The van der Waals surface area contributed by atoms with Crippen LogP contribution < -0.4 is 10.1 Å². The van der Waals surface area contributed by atoms with Gasteiger partial charge in [0, 0.05) is 29.7 Å². The number of nitrogens with one attached hydrogen (secondary N) is 1. The number of rotatable bonds is 6. The Bertz CT molecular complexity index is 937. The molecule has 1 N–H and O–H groups in total. The van der Waals surface area contributed by atoms with Crippen LogP contribution in [0.15, 0.2) is 59.3 Å². The maximum absolute atomic E-state index is 12.1. The van der Waals surface area contributed by atoms with Crippen molar-refractivity contribution in [3.8, 4) is 5.75 Å². The Kier molecular flexibility index (Phi) is 4.93. The van der Waals surface area contributed by atoms with Gasteiger partial charge >= 0.3 is 0 Å². The van der Waals surface area contributed by atoms with Crippen LogP contribution in [0.2, 0.25) is 0 Å². The Morgan fingerprint density at radius 3 is 2.69 bits per heavy atom. The van der Waals surface area contributed by atoms with E-state index in [-0.39, 0.29) is 24.0 Å². The molecule has 3 rings (SSSR count). The first-order valence-electron chi connectivity index (χ1n) is 7.71. The van der Waals surface area contributed by atoms with Crippen LogP contribution in [0.25, 0.3) is 0 Å². The number of pyridine rings is 1. The zero-order valence-electron chi connectivity index (χ0n) is 13.8. The smallest absolute Gasteiger partial charge is 0.291 e. The Morgan fingerprint density at radius 2 is 2.00 bits per heavy atom. The van der Waals surface area contributed by atoms with E-state index < -0.39 is 4.92 Å². The molecular weight excluding hydrogens is 338 g/mol. The fourth-order valence-corrected chi connectivity index (χ4v) is 2.28. The summed E-state index contributed by atoms with van der Waals surface area (Å²) in [5.74, 6) is 0.710. The van der Waals surface area contributed by atoms with Crippen LogP contribution >= 0.6 is 0 Å². The lowest BCUT2D eigenvalue weighted by Gasteiger charge is -2.05. The molecular formula is C18H15N3O5. The van der Waals surface area contributed by atoms with E-state index in [1.165, 1.54) is 12.1 Å². The van der Waals surface area contributed by atoms with Gasteiger partial charge in [-0.05, 0) is 43.3 Å². The lowest BCUT2D eigenvalue weighted by Crippen LogP contribution is -2.10. The number of anilines is 1. The topological polar surface area (TPSA) is 108 Å². The van der Waals surface area contributed by atoms with Crippen LogP contribution in [0.4, 0.5) is 11.4 Å². The highest BCUT2D eigenvalue weighted by Gasteiger charge is 2.13. The Labute approximate surface area is 148 Å². The van der Waals surface area contributed by atoms with Crippen molar-refractivity contribution in [1.29, 1.82) is 0 Å². The Hall–Kier alpha value is -3.68. The standard InChI is InChI=1S/C18H15N3O5/c1-12-10-14(2-4-16(12)21(23)24)25-11-15-3-5-17(26-15)18(22)20-13-6-8-19-9-7-13/h2-10H,11H2,1H3,(H,19,20,22). The maximum atomic E-state index is 12.1. The van der Waals surface area contributed by atoms with Crippen LogP contribution in [-0.2, 0) is 6.61 Å². The van der Waals surface area contributed by atoms with Gasteiger partial charge in [-0.1, -0.05) is 0 Å². The molecule has 1 aromatic carbocycles. The van der Waals surface area contributed by atoms with Crippen LogP contribution in [0.5, 0.6) is 5.75 Å². The molecule has 0 unspecified atom stereocenters. The monoisotopic (exact) mass is 353 g/mol. The zero-order valence-corrected chi connectivity index (χ0v) is 13.8. The van der Waals surface area contributed by atoms with E-state index in [1.807, 2.05) is 0 Å². The van der Waals surface area contributed by atoms with Gasteiger partial charge in [0.2, 0.25) is 0 Å². The highest BCUT2D eigenvalue weighted by Crippen LogP contribution is 2.24. The number of furan rings is 1. The first-order chi connectivity index (χ1) is 12.5. The van der Waals surface area contributed by atoms with Gasteiger partial charge in [-0.3, -0.25) is 19.9 Å². The number of ether oxygens (including phenoxy) is 1. The molecule has 0 saturated carbocycles. The van der Waals surface area contributed by atoms with E-state index in [4.69, 9.17) is 9.15 Å². The number of nitro benzene ring substituents is 1. The van der Waals surface area contributed by atoms with Crippen molar-refractivity contribution in [3.63, 3.8) is 0 Å². The number of amides is 1. The molecule has 0 spiro atoms. The summed E-state index contributed by atoms with van der Waals surface area (Å²) in [6.07, 6.45) is 3.15. The number of aryl methyl sites for hydroxylation is 1. The summed E-state index contributed by atoms with van der Waals surface area (Å²) in [6.45, 7) is 1.74. The van der Waals surface area contributed by atoms with Gasteiger partial charge < -0.3 is 14.5 Å². The highest BCUT2D eigenvalue weighted by atomic mass is 16.6. The number of aromatic nitrogens is 1. The third-order valence-electron chi connectivity index (χ3n) is 3.57. The van der Waals surface area contributed by atoms with Crippen LogP contribution in [0.1, 0.15) is 21.9 Å². The Balaban J connectivity index is 1.61. The fraction of sp³-hybridized carbons (Fsp3) is 0.111. The number of nitro groups is 1. The van der Waals surface area contributed by atoms with E-state index in [1.54, 1.807) is 49.6 Å². The third kappa shape index (κ3) is 4.04. The van der Waals surface area contributed by atoms with Crippen molar-refractivity contribution in [2.45, 2.75) is 13.5 Å². The molecule has 3 aromatic rings. The average molecular weight is 353 g/mol. The number of carbonyl (C=O) groups is 1. The molecule has 0 fully saturated rings.